The number of aliphatic hydroxyl groups excluding tert-OH is 1. The van der Waals surface area contributed by atoms with Crippen LogP contribution in [0.3, 0.4) is 0 Å². The van der Waals surface area contributed by atoms with Crippen LogP contribution in [0.2, 0.25) is 0 Å². The Morgan fingerprint density at radius 2 is 2.20 bits per heavy atom. The molecule has 0 saturated carbocycles. The quantitative estimate of drug-likeness (QED) is 0.657. The Morgan fingerprint density at radius 1 is 1.45 bits per heavy atom. The molecule has 6 nitrogen and oxygen atoms in total. The van der Waals surface area contributed by atoms with E-state index in [4.69, 9.17) is 5.11 Å². The van der Waals surface area contributed by atoms with E-state index in [9.17, 15) is 9.59 Å². The van der Waals surface area contributed by atoms with Crippen molar-refractivity contribution in [2.75, 3.05) is 13.7 Å². The maximum absolute atomic E-state index is 11.8. The molecule has 0 aliphatic rings. The third-order valence-electron chi connectivity index (χ3n) is 2.45. The lowest BCUT2D eigenvalue weighted by Gasteiger charge is -2.11. The number of nitrogens with zero attached hydrogens (tertiary/aromatic N) is 1. The van der Waals surface area contributed by atoms with Gasteiger partial charge in [-0.25, -0.2) is 4.98 Å². The zero-order valence-electron chi connectivity index (χ0n) is 11.4. The molecule has 0 aliphatic heterocycles. The highest BCUT2D eigenvalue weighted by atomic mass is 16.2. The van der Waals surface area contributed by atoms with Crippen LogP contribution in [-0.2, 0) is 4.79 Å². The number of aliphatic hydroxyl groups is 1. The Balaban J connectivity index is 2.67. The molecule has 0 radical (unpaired) electrons. The summed E-state index contributed by atoms with van der Waals surface area (Å²) < 4.78 is 0. The van der Waals surface area contributed by atoms with Gasteiger partial charge in [-0.3, -0.25) is 9.59 Å². The maximum atomic E-state index is 11.8. The Morgan fingerprint density at radius 3 is 2.75 bits per heavy atom. The number of amides is 2. The number of pyridine rings is 1. The van der Waals surface area contributed by atoms with Crippen LogP contribution in [0.5, 0.6) is 0 Å². The molecule has 0 aliphatic carbocycles. The van der Waals surface area contributed by atoms with E-state index in [1.807, 2.05) is 0 Å². The summed E-state index contributed by atoms with van der Waals surface area (Å²) in [5, 5.41) is 13.6. The number of hydrogen-bond donors (Lipinski definition) is 3. The van der Waals surface area contributed by atoms with Crippen LogP contribution in [0.1, 0.15) is 29.4 Å². The fourth-order valence-electron chi connectivity index (χ4n) is 1.38. The summed E-state index contributed by atoms with van der Waals surface area (Å²) in [7, 11) is 1.50. The molecule has 1 atom stereocenters. The fraction of sp³-hybridized carbons (Fsp3) is 0.357. The second-order valence-corrected chi connectivity index (χ2v) is 4.02. The van der Waals surface area contributed by atoms with E-state index in [-0.39, 0.29) is 18.2 Å². The standard InChI is InChI=1S/C14H17N3O3/c1-10(13(19)15-2)17-14(20)12-7-6-11(9-16-12)5-3-4-8-18/h6-7,9-10,18H,4,8H2,1-2H3,(H,15,19)(H,17,20). The van der Waals surface area contributed by atoms with E-state index >= 15 is 0 Å². The molecule has 3 N–H and O–H groups in total. The van der Waals surface area contributed by atoms with Gasteiger partial charge in [0.1, 0.15) is 11.7 Å². The highest BCUT2D eigenvalue weighted by Gasteiger charge is 2.15. The largest absolute Gasteiger partial charge is 0.395 e. The molecule has 1 aromatic rings. The van der Waals surface area contributed by atoms with Gasteiger partial charge in [-0.15, -0.1) is 0 Å². The summed E-state index contributed by atoms with van der Waals surface area (Å²) in [5.74, 6) is 4.88. The van der Waals surface area contributed by atoms with E-state index in [2.05, 4.69) is 27.5 Å². The van der Waals surface area contributed by atoms with Gasteiger partial charge < -0.3 is 15.7 Å². The summed E-state index contributed by atoms with van der Waals surface area (Å²) in [6.07, 6.45) is 1.87. The van der Waals surface area contributed by atoms with Crippen molar-refractivity contribution in [2.24, 2.45) is 0 Å². The number of hydrogen-bond acceptors (Lipinski definition) is 4. The van der Waals surface area contributed by atoms with Crippen molar-refractivity contribution < 1.29 is 14.7 Å². The summed E-state index contributed by atoms with van der Waals surface area (Å²) in [6, 6.07) is 2.57. The first-order valence-corrected chi connectivity index (χ1v) is 6.16. The molecule has 1 unspecified atom stereocenters. The van der Waals surface area contributed by atoms with Crippen molar-refractivity contribution in [3.05, 3.63) is 29.6 Å². The van der Waals surface area contributed by atoms with Gasteiger partial charge in [0.2, 0.25) is 5.91 Å². The highest BCUT2D eigenvalue weighted by Crippen LogP contribution is 2.00. The van der Waals surface area contributed by atoms with E-state index in [1.54, 1.807) is 13.0 Å². The lowest BCUT2D eigenvalue weighted by Crippen LogP contribution is -2.43. The number of rotatable bonds is 4. The molecule has 0 saturated heterocycles. The van der Waals surface area contributed by atoms with Gasteiger partial charge >= 0.3 is 0 Å². The molecule has 0 aromatic carbocycles. The molecular weight excluding hydrogens is 258 g/mol. The van der Waals surface area contributed by atoms with Crippen LogP contribution >= 0.6 is 0 Å². The van der Waals surface area contributed by atoms with E-state index in [0.29, 0.717) is 12.0 Å². The van der Waals surface area contributed by atoms with Crippen LogP contribution in [0.15, 0.2) is 18.3 Å². The van der Waals surface area contributed by atoms with Gasteiger partial charge in [0.15, 0.2) is 0 Å². The zero-order chi connectivity index (χ0) is 15.0. The van der Waals surface area contributed by atoms with E-state index in [1.165, 1.54) is 19.3 Å². The monoisotopic (exact) mass is 275 g/mol. The van der Waals surface area contributed by atoms with Crippen LogP contribution in [0.4, 0.5) is 0 Å². The first-order chi connectivity index (χ1) is 9.58. The lowest BCUT2D eigenvalue weighted by atomic mass is 10.2. The molecule has 106 valence electrons. The second kappa shape index (κ2) is 7.92. The molecule has 1 heterocycles. The first-order valence-electron chi connectivity index (χ1n) is 6.16. The minimum absolute atomic E-state index is 0.0122. The number of aromatic nitrogens is 1. The van der Waals surface area contributed by atoms with Crippen molar-refractivity contribution in [1.82, 2.24) is 15.6 Å². The van der Waals surface area contributed by atoms with Crippen molar-refractivity contribution in [2.45, 2.75) is 19.4 Å². The van der Waals surface area contributed by atoms with Crippen molar-refractivity contribution in [3.8, 4) is 11.8 Å². The highest BCUT2D eigenvalue weighted by molar-refractivity contribution is 5.95. The summed E-state index contributed by atoms with van der Waals surface area (Å²) in [6.45, 7) is 1.60. The minimum Gasteiger partial charge on any atom is -0.395 e. The molecule has 1 aromatic heterocycles. The van der Waals surface area contributed by atoms with Crippen molar-refractivity contribution in [1.29, 1.82) is 0 Å². The third kappa shape index (κ3) is 4.71. The fourth-order valence-corrected chi connectivity index (χ4v) is 1.38. The summed E-state index contributed by atoms with van der Waals surface area (Å²) in [4.78, 5) is 27.1. The SMILES string of the molecule is CNC(=O)C(C)NC(=O)c1ccc(C#CCCO)cn1. The van der Waals surface area contributed by atoms with Gasteiger partial charge in [-0.1, -0.05) is 11.8 Å². The average Bonchev–Trinajstić information content (AvgIpc) is 2.47. The number of carbonyl (C=O) groups excluding carboxylic acids is 2. The normalized spacial score (nSPS) is 10.9. The summed E-state index contributed by atoms with van der Waals surface area (Å²) in [5.41, 5.74) is 0.878. The molecule has 20 heavy (non-hydrogen) atoms. The van der Waals surface area contributed by atoms with Gasteiger partial charge in [0, 0.05) is 25.2 Å². The maximum Gasteiger partial charge on any atom is 0.270 e. The van der Waals surface area contributed by atoms with Crippen LogP contribution in [0.25, 0.3) is 0 Å². The van der Waals surface area contributed by atoms with Crippen molar-refractivity contribution >= 4 is 11.8 Å². The van der Waals surface area contributed by atoms with Gasteiger partial charge in [0.05, 0.1) is 6.61 Å². The molecule has 1 rings (SSSR count). The molecule has 0 fully saturated rings. The Kier molecular flexibility index (Phi) is 6.20. The van der Waals surface area contributed by atoms with E-state index < -0.39 is 11.9 Å². The van der Waals surface area contributed by atoms with Gasteiger partial charge in [-0.05, 0) is 19.1 Å². The Hall–Kier alpha value is -2.39. The number of likely N-dealkylation sites (N-methyl/N-ethyl adjacent to an activating group) is 1. The number of nitrogens with one attached hydrogen (secondary N) is 2. The predicted molar refractivity (Wildman–Crippen MR) is 73.8 cm³/mol. The van der Waals surface area contributed by atoms with Crippen molar-refractivity contribution in [3.63, 3.8) is 0 Å². The average molecular weight is 275 g/mol. The molecular formula is C14H17N3O3. The number of carbonyl (C=O) groups is 2. The Bertz CT molecular complexity index is 529. The van der Waals surface area contributed by atoms with Crippen LogP contribution in [-0.4, -0.2) is 41.6 Å². The van der Waals surface area contributed by atoms with E-state index in [0.717, 1.165) is 0 Å². The lowest BCUT2D eigenvalue weighted by molar-refractivity contribution is -0.122. The second-order valence-electron chi connectivity index (χ2n) is 4.02. The molecule has 2 amide bonds. The van der Waals surface area contributed by atoms with Gasteiger partial charge in [0.25, 0.3) is 5.91 Å². The molecule has 6 heteroatoms. The first kappa shape index (κ1) is 15.7. The zero-order valence-corrected chi connectivity index (χ0v) is 11.4. The molecule has 0 spiro atoms. The van der Waals surface area contributed by atoms with Gasteiger partial charge in [-0.2, -0.15) is 0 Å². The topological polar surface area (TPSA) is 91.3 Å². The van der Waals surface area contributed by atoms with Crippen LogP contribution < -0.4 is 10.6 Å². The molecule has 0 bridgehead atoms. The predicted octanol–water partition coefficient (Wildman–Crippen LogP) is -0.320. The minimum atomic E-state index is -0.627. The van der Waals surface area contributed by atoms with Crippen LogP contribution in [0, 0.1) is 11.8 Å². The smallest absolute Gasteiger partial charge is 0.270 e. The summed E-state index contributed by atoms with van der Waals surface area (Å²) >= 11 is 0. The Labute approximate surface area is 117 Å². The third-order valence-corrected chi connectivity index (χ3v) is 2.45.